The summed E-state index contributed by atoms with van der Waals surface area (Å²) in [7, 11) is 0. The highest BCUT2D eigenvalue weighted by molar-refractivity contribution is 7.15. The van der Waals surface area contributed by atoms with Gasteiger partial charge in [-0.2, -0.15) is 5.26 Å². The third kappa shape index (κ3) is 3.69. The molecule has 3 rings (SSSR count). The average Bonchev–Trinajstić information content (AvgIpc) is 3.35. The van der Waals surface area contributed by atoms with Gasteiger partial charge in [0.2, 0.25) is 0 Å². The van der Waals surface area contributed by atoms with E-state index in [-0.39, 0.29) is 6.61 Å². The molecule has 0 unspecified atom stereocenters. The molecule has 3 aromatic heterocycles. The molecule has 8 heteroatoms. The van der Waals surface area contributed by atoms with Gasteiger partial charge in [-0.15, -0.1) is 22.7 Å². The number of esters is 1. The lowest BCUT2D eigenvalue weighted by Crippen LogP contribution is -2.07. The van der Waals surface area contributed by atoms with Crippen LogP contribution >= 0.6 is 22.7 Å². The summed E-state index contributed by atoms with van der Waals surface area (Å²) in [6.07, 6.45) is 3.10. The number of carbonyl (C=O) groups is 1. The Morgan fingerprint density at radius 3 is 2.92 bits per heavy atom. The molecule has 0 amide bonds. The number of nitriles is 1. The Bertz CT molecular complexity index is 978. The number of ether oxygens (including phenoxy) is 1. The zero-order valence-corrected chi connectivity index (χ0v) is 15.7. The van der Waals surface area contributed by atoms with Crippen molar-refractivity contribution in [3.63, 3.8) is 0 Å². The molecule has 0 aliphatic carbocycles. The minimum Gasteiger partial charge on any atom is -0.464 e. The summed E-state index contributed by atoms with van der Waals surface area (Å²) >= 11 is 2.73. The third-order valence-corrected chi connectivity index (χ3v) is 5.28. The van der Waals surface area contributed by atoms with Crippen molar-refractivity contribution in [2.45, 2.75) is 13.8 Å². The number of thiophene rings is 1. The molecular weight excluding hydrogens is 370 g/mol. The zero-order valence-electron chi connectivity index (χ0n) is 14.1. The van der Waals surface area contributed by atoms with Crippen molar-refractivity contribution in [2.24, 2.45) is 0 Å². The van der Waals surface area contributed by atoms with Crippen molar-refractivity contribution in [3.05, 3.63) is 51.6 Å². The predicted molar refractivity (Wildman–Crippen MR) is 102 cm³/mol. The molecule has 0 fully saturated rings. The SMILES string of the molecule is CCOC(=O)c1c(-c2ccco2)csc1N/C=C(\C#N)c1nc(C)cs1. The summed E-state index contributed by atoms with van der Waals surface area (Å²) < 4.78 is 10.6. The molecule has 0 aromatic carbocycles. The van der Waals surface area contributed by atoms with E-state index in [2.05, 4.69) is 16.4 Å². The van der Waals surface area contributed by atoms with Gasteiger partial charge >= 0.3 is 5.97 Å². The number of furan rings is 1. The summed E-state index contributed by atoms with van der Waals surface area (Å²) in [5, 5.41) is 17.3. The van der Waals surface area contributed by atoms with Crippen molar-refractivity contribution in [3.8, 4) is 17.4 Å². The average molecular weight is 385 g/mol. The quantitative estimate of drug-likeness (QED) is 0.478. The van der Waals surface area contributed by atoms with Gasteiger partial charge in [-0.3, -0.25) is 0 Å². The van der Waals surface area contributed by atoms with Gasteiger partial charge in [-0.25, -0.2) is 9.78 Å². The number of hydrogen-bond donors (Lipinski definition) is 1. The van der Waals surface area contributed by atoms with Crippen LogP contribution in [0, 0.1) is 18.3 Å². The topological polar surface area (TPSA) is 88.1 Å². The van der Waals surface area contributed by atoms with E-state index in [9.17, 15) is 10.1 Å². The lowest BCUT2D eigenvalue weighted by atomic mass is 10.1. The molecule has 0 saturated carbocycles. The molecule has 0 bridgehead atoms. The minimum atomic E-state index is -0.445. The minimum absolute atomic E-state index is 0.267. The molecule has 0 atom stereocenters. The molecule has 6 nitrogen and oxygen atoms in total. The van der Waals surface area contributed by atoms with E-state index in [0.29, 0.717) is 32.5 Å². The van der Waals surface area contributed by atoms with Gasteiger partial charge in [-0.1, -0.05) is 0 Å². The number of carbonyl (C=O) groups excluding carboxylic acids is 1. The van der Waals surface area contributed by atoms with Crippen LogP contribution in [0.4, 0.5) is 5.00 Å². The molecule has 132 valence electrons. The van der Waals surface area contributed by atoms with Crippen molar-refractivity contribution in [1.82, 2.24) is 4.98 Å². The van der Waals surface area contributed by atoms with E-state index in [1.54, 1.807) is 31.5 Å². The molecule has 0 radical (unpaired) electrons. The lowest BCUT2D eigenvalue weighted by molar-refractivity contribution is 0.0528. The Hall–Kier alpha value is -2.89. The summed E-state index contributed by atoms with van der Waals surface area (Å²) in [5.74, 6) is 0.136. The normalized spacial score (nSPS) is 11.2. The van der Waals surface area contributed by atoms with Crippen LogP contribution in [0.15, 0.2) is 39.8 Å². The maximum atomic E-state index is 12.4. The number of aromatic nitrogens is 1. The van der Waals surface area contributed by atoms with Gasteiger partial charge in [0.1, 0.15) is 33.0 Å². The monoisotopic (exact) mass is 385 g/mol. The van der Waals surface area contributed by atoms with Crippen molar-refractivity contribution >= 4 is 39.2 Å². The van der Waals surface area contributed by atoms with Crippen molar-refractivity contribution in [2.75, 3.05) is 11.9 Å². The number of nitrogens with one attached hydrogen (secondary N) is 1. The number of rotatable bonds is 6. The number of hydrogen-bond acceptors (Lipinski definition) is 8. The van der Waals surface area contributed by atoms with E-state index in [0.717, 1.165) is 5.69 Å². The molecule has 0 aliphatic heterocycles. The fraction of sp³-hybridized carbons (Fsp3) is 0.167. The number of thiazole rings is 1. The van der Waals surface area contributed by atoms with Crippen molar-refractivity contribution < 1.29 is 13.9 Å². The molecule has 1 N–H and O–H groups in total. The Balaban J connectivity index is 1.96. The number of nitrogens with zero attached hydrogens (tertiary/aromatic N) is 2. The van der Waals surface area contributed by atoms with Gasteiger partial charge in [0.05, 0.1) is 12.9 Å². The maximum absolute atomic E-state index is 12.4. The van der Waals surface area contributed by atoms with E-state index in [4.69, 9.17) is 9.15 Å². The molecule has 0 saturated heterocycles. The molecular formula is C18H15N3O3S2. The van der Waals surface area contributed by atoms with Crippen LogP contribution < -0.4 is 5.32 Å². The zero-order chi connectivity index (χ0) is 18.5. The molecule has 3 aromatic rings. The summed E-state index contributed by atoms with van der Waals surface area (Å²) in [6, 6.07) is 5.67. The number of aryl methyl sites for hydroxylation is 1. The molecule has 26 heavy (non-hydrogen) atoms. The van der Waals surface area contributed by atoms with Crippen LogP contribution in [0.1, 0.15) is 28.0 Å². The van der Waals surface area contributed by atoms with Gasteiger partial charge in [-0.05, 0) is 26.0 Å². The van der Waals surface area contributed by atoms with E-state index in [1.165, 1.54) is 22.7 Å². The summed E-state index contributed by atoms with van der Waals surface area (Å²) in [5.41, 5.74) is 2.29. The van der Waals surface area contributed by atoms with Gasteiger partial charge in [0.15, 0.2) is 0 Å². The number of allylic oxidation sites excluding steroid dienone is 1. The highest BCUT2D eigenvalue weighted by atomic mass is 32.1. The Kier molecular flexibility index (Phi) is 5.51. The van der Waals surface area contributed by atoms with Gasteiger partial charge in [0, 0.05) is 28.2 Å². The maximum Gasteiger partial charge on any atom is 0.341 e. The first-order chi connectivity index (χ1) is 12.6. The summed E-state index contributed by atoms with van der Waals surface area (Å²) in [6.45, 7) is 3.89. The van der Waals surface area contributed by atoms with E-state index >= 15 is 0 Å². The molecule has 3 heterocycles. The first-order valence-corrected chi connectivity index (χ1v) is 9.51. The van der Waals surface area contributed by atoms with Crippen LogP contribution in [-0.2, 0) is 4.74 Å². The Labute approximate surface area is 158 Å². The highest BCUT2D eigenvalue weighted by Gasteiger charge is 2.22. The van der Waals surface area contributed by atoms with Crippen molar-refractivity contribution in [1.29, 1.82) is 5.26 Å². The smallest absolute Gasteiger partial charge is 0.341 e. The largest absolute Gasteiger partial charge is 0.464 e. The van der Waals surface area contributed by atoms with Crippen LogP contribution in [0.2, 0.25) is 0 Å². The van der Waals surface area contributed by atoms with Gasteiger partial charge in [0.25, 0.3) is 0 Å². The standard InChI is InChI=1S/C18H15N3O3S2/c1-3-23-18(22)15-13(14-5-4-6-24-14)10-26-17(15)20-8-12(7-19)16-21-11(2)9-25-16/h4-6,8-10,20H,3H2,1-2H3/b12-8+. The van der Waals surface area contributed by atoms with E-state index in [1.807, 2.05) is 17.7 Å². The second-order valence-electron chi connectivity index (χ2n) is 5.16. The van der Waals surface area contributed by atoms with Crippen LogP contribution in [0.25, 0.3) is 16.9 Å². The second kappa shape index (κ2) is 7.99. The Morgan fingerprint density at radius 2 is 2.31 bits per heavy atom. The van der Waals surface area contributed by atoms with Crippen LogP contribution in [0.5, 0.6) is 0 Å². The second-order valence-corrected chi connectivity index (χ2v) is 6.90. The Morgan fingerprint density at radius 1 is 1.46 bits per heavy atom. The molecule has 0 spiro atoms. The highest BCUT2D eigenvalue weighted by Crippen LogP contribution is 2.36. The first-order valence-electron chi connectivity index (χ1n) is 7.75. The molecule has 0 aliphatic rings. The first kappa shape index (κ1) is 17.9. The van der Waals surface area contributed by atoms with Crippen LogP contribution in [-0.4, -0.2) is 17.6 Å². The van der Waals surface area contributed by atoms with Crippen LogP contribution in [0.3, 0.4) is 0 Å². The third-order valence-electron chi connectivity index (χ3n) is 3.37. The lowest BCUT2D eigenvalue weighted by Gasteiger charge is -2.06. The predicted octanol–water partition coefficient (Wildman–Crippen LogP) is 4.93. The fourth-order valence-electron chi connectivity index (χ4n) is 2.24. The van der Waals surface area contributed by atoms with Gasteiger partial charge < -0.3 is 14.5 Å². The number of anilines is 1. The fourth-order valence-corrected chi connectivity index (χ4v) is 3.91. The van der Waals surface area contributed by atoms with E-state index < -0.39 is 5.97 Å². The summed E-state index contributed by atoms with van der Waals surface area (Å²) in [4.78, 5) is 16.7.